The largest absolute Gasteiger partial charge is 0.478 e. The van der Waals surface area contributed by atoms with Crippen LogP contribution in [-0.2, 0) is 13.6 Å². The Bertz CT molecular complexity index is 632. The molecule has 0 amide bonds. The van der Waals surface area contributed by atoms with Gasteiger partial charge in [-0.2, -0.15) is 5.10 Å². The number of rotatable bonds is 5. The number of hydrogen-bond acceptors (Lipinski definition) is 5. The molecular formula is C13H18N4O2S. The quantitative estimate of drug-likeness (QED) is 0.882. The molecule has 0 bridgehead atoms. The van der Waals surface area contributed by atoms with Gasteiger partial charge in [-0.05, 0) is 20.8 Å². The molecule has 0 aliphatic rings. The molecule has 1 atom stereocenters. The summed E-state index contributed by atoms with van der Waals surface area (Å²) in [5.74, 6) is -0.952. The predicted octanol–water partition coefficient (Wildman–Crippen LogP) is 2.04. The highest BCUT2D eigenvalue weighted by atomic mass is 32.1. The fourth-order valence-electron chi connectivity index (χ4n) is 2.14. The van der Waals surface area contributed by atoms with E-state index in [0.717, 1.165) is 10.7 Å². The molecule has 0 saturated carbocycles. The summed E-state index contributed by atoms with van der Waals surface area (Å²) in [4.78, 5) is 16.7. The molecule has 2 aromatic rings. The van der Waals surface area contributed by atoms with Gasteiger partial charge in [0.25, 0.3) is 0 Å². The second-order valence-electron chi connectivity index (χ2n) is 4.72. The summed E-state index contributed by atoms with van der Waals surface area (Å²) < 4.78 is 1.59. The Morgan fingerprint density at radius 1 is 1.55 bits per heavy atom. The van der Waals surface area contributed by atoms with Crippen LogP contribution in [0.15, 0.2) is 6.20 Å². The molecule has 2 heterocycles. The average molecular weight is 294 g/mol. The Morgan fingerprint density at radius 2 is 2.25 bits per heavy atom. The normalized spacial score (nSPS) is 12.6. The topological polar surface area (TPSA) is 80.0 Å². The van der Waals surface area contributed by atoms with Gasteiger partial charge in [0.2, 0.25) is 0 Å². The third-order valence-electron chi connectivity index (χ3n) is 3.20. The second kappa shape index (κ2) is 5.72. The third-order valence-corrected chi connectivity index (χ3v) is 4.46. The van der Waals surface area contributed by atoms with Crippen molar-refractivity contribution in [3.05, 3.63) is 33.0 Å². The Kier molecular flexibility index (Phi) is 4.20. The fourth-order valence-corrected chi connectivity index (χ4v) is 3.10. The third kappa shape index (κ3) is 2.88. The van der Waals surface area contributed by atoms with Crippen molar-refractivity contribution < 1.29 is 9.90 Å². The van der Waals surface area contributed by atoms with Gasteiger partial charge >= 0.3 is 5.97 Å². The van der Waals surface area contributed by atoms with Gasteiger partial charge in [0.15, 0.2) is 0 Å². The minimum atomic E-state index is -0.952. The first-order chi connectivity index (χ1) is 9.40. The van der Waals surface area contributed by atoms with Crippen LogP contribution in [0.3, 0.4) is 0 Å². The summed E-state index contributed by atoms with van der Waals surface area (Å²) in [5, 5.41) is 17.5. The summed E-state index contributed by atoms with van der Waals surface area (Å²) in [6.45, 7) is 6.48. The Labute approximate surface area is 121 Å². The molecule has 0 radical (unpaired) electrons. The van der Waals surface area contributed by atoms with E-state index in [2.05, 4.69) is 22.3 Å². The standard InChI is InChI=1S/C13H18N4O2S/c1-7(12-8(2)16-9(3)20-12)14-6-11-10(13(18)19)5-15-17(11)4/h5,7,14H,6H2,1-4H3,(H,18,19). The average Bonchev–Trinajstić information content (AvgIpc) is 2.89. The zero-order chi connectivity index (χ0) is 14.9. The molecule has 1 unspecified atom stereocenters. The van der Waals surface area contributed by atoms with Crippen LogP contribution in [0.25, 0.3) is 0 Å². The molecule has 0 aliphatic carbocycles. The van der Waals surface area contributed by atoms with Crippen molar-refractivity contribution >= 4 is 17.3 Å². The SMILES string of the molecule is Cc1nc(C)c(C(C)NCc2c(C(=O)O)cnn2C)s1. The van der Waals surface area contributed by atoms with Crippen molar-refractivity contribution in [3.63, 3.8) is 0 Å². The van der Waals surface area contributed by atoms with Crippen LogP contribution < -0.4 is 5.32 Å². The van der Waals surface area contributed by atoms with Gasteiger partial charge < -0.3 is 10.4 Å². The molecule has 0 spiro atoms. The molecule has 2 rings (SSSR count). The van der Waals surface area contributed by atoms with E-state index in [4.69, 9.17) is 5.11 Å². The van der Waals surface area contributed by atoms with E-state index in [0.29, 0.717) is 12.2 Å². The van der Waals surface area contributed by atoms with Crippen LogP contribution >= 0.6 is 11.3 Å². The predicted molar refractivity (Wildman–Crippen MR) is 77.0 cm³/mol. The minimum Gasteiger partial charge on any atom is -0.478 e. The number of thiazole rings is 1. The number of carboxylic acid groups (broad SMARTS) is 1. The van der Waals surface area contributed by atoms with Crippen LogP contribution in [0, 0.1) is 13.8 Å². The summed E-state index contributed by atoms with van der Waals surface area (Å²) in [5.41, 5.74) is 1.93. The Hall–Kier alpha value is -1.73. The number of aryl methyl sites for hydroxylation is 3. The van der Waals surface area contributed by atoms with Crippen molar-refractivity contribution in [1.29, 1.82) is 0 Å². The summed E-state index contributed by atoms with van der Waals surface area (Å²) >= 11 is 1.66. The van der Waals surface area contributed by atoms with E-state index in [-0.39, 0.29) is 11.6 Å². The molecule has 20 heavy (non-hydrogen) atoms. The number of aromatic nitrogens is 3. The van der Waals surface area contributed by atoms with Gasteiger partial charge in [-0.15, -0.1) is 11.3 Å². The highest BCUT2D eigenvalue weighted by molar-refractivity contribution is 7.11. The van der Waals surface area contributed by atoms with Crippen LogP contribution in [0.4, 0.5) is 0 Å². The lowest BCUT2D eigenvalue weighted by atomic mass is 10.2. The monoisotopic (exact) mass is 294 g/mol. The lowest BCUT2D eigenvalue weighted by Gasteiger charge is -2.13. The van der Waals surface area contributed by atoms with Crippen molar-refractivity contribution in [3.8, 4) is 0 Å². The summed E-state index contributed by atoms with van der Waals surface area (Å²) in [7, 11) is 1.75. The molecule has 108 valence electrons. The molecule has 0 fully saturated rings. The van der Waals surface area contributed by atoms with E-state index < -0.39 is 5.97 Å². The van der Waals surface area contributed by atoms with E-state index >= 15 is 0 Å². The molecule has 0 saturated heterocycles. The molecule has 6 nitrogen and oxygen atoms in total. The maximum Gasteiger partial charge on any atom is 0.339 e. The summed E-state index contributed by atoms with van der Waals surface area (Å²) in [6, 6.07) is 0.123. The van der Waals surface area contributed by atoms with Crippen LogP contribution in [0.1, 0.15) is 44.6 Å². The molecule has 2 N–H and O–H groups in total. The first-order valence-corrected chi connectivity index (χ1v) is 7.13. The van der Waals surface area contributed by atoms with E-state index in [1.54, 1.807) is 23.1 Å². The van der Waals surface area contributed by atoms with Crippen molar-refractivity contribution in [1.82, 2.24) is 20.1 Å². The van der Waals surface area contributed by atoms with Crippen molar-refractivity contribution in [2.24, 2.45) is 7.05 Å². The number of nitrogens with one attached hydrogen (secondary N) is 1. The van der Waals surface area contributed by atoms with Crippen molar-refractivity contribution in [2.45, 2.75) is 33.4 Å². The highest BCUT2D eigenvalue weighted by Crippen LogP contribution is 2.24. The fraction of sp³-hybridized carbons (Fsp3) is 0.462. The second-order valence-corrected chi connectivity index (χ2v) is 5.95. The zero-order valence-corrected chi connectivity index (χ0v) is 12.8. The van der Waals surface area contributed by atoms with Gasteiger partial charge in [-0.1, -0.05) is 0 Å². The number of carboxylic acids is 1. The summed E-state index contributed by atoms with van der Waals surface area (Å²) in [6.07, 6.45) is 1.38. The number of hydrogen-bond donors (Lipinski definition) is 2. The lowest BCUT2D eigenvalue weighted by Crippen LogP contribution is -2.21. The minimum absolute atomic E-state index is 0.123. The van der Waals surface area contributed by atoms with Crippen LogP contribution in [0.5, 0.6) is 0 Å². The molecule has 2 aromatic heterocycles. The van der Waals surface area contributed by atoms with Gasteiger partial charge in [0.1, 0.15) is 5.56 Å². The van der Waals surface area contributed by atoms with E-state index in [1.165, 1.54) is 11.1 Å². The first-order valence-electron chi connectivity index (χ1n) is 6.31. The number of nitrogens with zero attached hydrogens (tertiary/aromatic N) is 3. The van der Waals surface area contributed by atoms with Crippen LogP contribution in [-0.4, -0.2) is 25.8 Å². The molecular weight excluding hydrogens is 276 g/mol. The molecule has 7 heteroatoms. The first kappa shape index (κ1) is 14.7. The number of carbonyl (C=O) groups is 1. The van der Waals surface area contributed by atoms with Gasteiger partial charge in [0, 0.05) is 24.5 Å². The van der Waals surface area contributed by atoms with E-state index in [1.807, 2.05) is 13.8 Å². The zero-order valence-electron chi connectivity index (χ0n) is 12.0. The maximum atomic E-state index is 11.1. The lowest BCUT2D eigenvalue weighted by molar-refractivity contribution is 0.0695. The number of aromatic carboxylic acids is 1. The maximum absolute atomic E-state index is 11.1. The van der Waals surface area contributed by atoms with E-state index in [9.17, 15) is 4.79 Å². The Balaban J connectivity index is 2.11. The highest BCUT2D eigenvalue weighted by Gasteiger charge is 2.17. The van der Waals surface area contributed by atoms with Gasteiger partial charge in [0.05, 0.1) is 22.6 Å². The van der Waals surface area contributed by atoms with Crippen molar-refractivity contribution in [2.75, 3.05) is 0 Å². The van der Waals surface area contributed by atoms with Gasteiger partial charge in [-0.25, -0.2) is 9.78 Å². The molecule has 0 aliphatic heterocycles. The van der Waals surface area contributed by atoms with Gasteiger partial charge in [-0.3, -0.25) is 4.68 Å². The Morgan fingerprint density at radius 3 is 2.80 bits per heavy atom. The van der Waals surface area contributed by atoms with Crippen LogP contribution in [0.2, 0.25) is 0 Å². The molecule has 0 aromatic carbocycles. The smallest absolute Gasteiger partial charge is 0.339 e.